The van der Waals surface area contributed by atoms with E-state index >= 15 is 0 Å². The van der Waals surface area contributed by atoms with Crippen molar-refractivity contribution in [3.05, 3.63) is 57.8 Å². The average molecular weight is 566 g/mol. The molecule has 0 saturated heterocycles. The predicted molar refractivity (Wildman–Crippen MR) is 140 cm³/mol. The molecule has 0 spiro atoms. The molecule has 2 amide bonds. The van der Waals surface area contributed by atoms with Gasteiger partial charge in [0.2, 0.25) is 0 Å². The molecule has 3 atom stereocenters. The number of nitrogens with one attached hydrogen (secondary N) is 3. The number of rotatable bonds is 7. The van der Waals surface area contributed by atoms with Crippen LogP contribution in [-0.4, -0.2) is 53.9 Å². The van der Waals surface area contributed by atoms with Gasteiger partial charge in [0.25, 0.3) is 11.8 Å². The summed E-state index contributed by atoms with van der Waals surface area (Å²) < 4.78 is 25.0. The van der Waals surface area contributed by atoms with Gasteiger partial charge in [-0.2, -0.15) is 0 Å². The lowest BCUT2D eigenvalue weighted by Crippen LogP contribution is -2.71. The fraction of sp³-hybridized carbons (Fsp3) is 0.481. The van der Waals surface area contributed by atoms with E-state index in [1.54, 1.807) is 12.1 Å². The number of carbonyl (C=O) groups is 2. The van der Waals surface area contributed by atoms with Crippen molar-refractivity contribution in [3.63, 3.8) is 0 Å². The fourth-order valence-corrected chi connectivity index (χ4v) is 6.21. The maximum absolute atomic E-state index is 13.6. The van der Waals surface area contributed by atoms with Gasteiger partial charge in [-0.05, 0) is 69.5 Å². The minimum Gasteiger partial charge on any atom is -0.484 e. The highest BCUT2D eigenvalue weighted by molar-refractivity contribution is 6.31. The molecule has 0 aromatic heterocycles. The predicted octanol–water partition coefficient (Wildman–Crippen LogP) is 3.67. The Hall–Kier alpha value is -2.59. The minimum atomic E-state index is -0.845. The molecule has 2 aromatic rings. The van der Waals surface area contributed by atoms with E-state index in [9.17, 15) is 19.1 Å². The number of hydrogen-bond acceptors (Lipinski definition) is 6. The van der Waals surface area contributed by atoms with Gasteiger partial charge in [-0.1, -0.05) is 23.2 Å². The maximum atomic E-state index is 13.6. The van der Waals surface area contributed by atoms with Gasteiger partial charge in [-0.25, -0.2) is 4.39 Å². The molecule has 204 valence electrons. The van der Waals surface area contributed by atoms with Gasteiger partial charge in [-0.15, -0.1) is 0 Å². The van der Waals surface area contributed by atoms with Gasteiger partial charge in [0, 0.05) is 34.7 Å². The Kier molecular flexibility index (Phi) is 7.48. The zero-order valence-electron chi connectivity index (χ0n) is 20.9. The Labute approximate surface area is 230 Å². The summed E-state index contributed by atoms with van der Waals surface area (Å²) in [6.45, 7) is -0.324. The molecule has 4 aliphatic rings. The van der Waals surface area contributed by atoms with Gasteiger partial charge < -0.3 is 30.5 Å². The third-order valence-electron chi connectivity index (χ3n) is 8.07. The molecule has 3 saturated carbocycles. The normalized spacial score (nSPS) is 29.7. The Balaban J connectivity index is 1.18. The Bertz CT molecular complexity index is 1240. The summed E-state index contributed by atoms with van der Waals surface area (Å²) in [5.41, 5.74) is -0.452. The Morgan fingerprint density at radius 1 is 1.13 bits per heavy atom. The fourth-order valence-electron chi connectivity index (χ4n) is 5.91. The molecular weight excluding hydrogens is 536 g/mol. The van der Waals surface area contributed by atoms with Crippen LogP contribution in [0.5, 0.6) is 11.5 Å². The molecule has 3 aliphatic carbocycles. The Morgan fingerprint density at radius 2 is 1.89 bits per heavy atom. The standard InChI is InChI=1S/C27H30Cl2FN3O5/c1-31-20-12-22(38-21-5-2-15(28)10-17(20)21)25(36)33-26-6-8-27(9-7-26,23(34)13-26)32-24(35)14-37-16-3-4-18(29)19(30)11-16/h2-5,10-11,20,22-23,31,34H,6-9,12-14H2,1H3,(H,32,35)(H,33,36)/t20?,22?,23-,26?,27?/m1/s1. The molecule has 2 aromatic carbocycles. The van der Waals surface area contributed by atoms with Crippen LogP contribution in [0.4, 0.5) is 4.39 Å². The number of amides is 2. The first-order chi connectivity index (χ1) is 18.1. The van der Waals surface area contributed by atoms with Gasteiger partial charge in [0.1, 0.15) is 17.3 Å². The molecule has 2 bridgehead atoms. The summed E-state index contributed by atoms with van der Waals surface area (Å²) in [5, 5.41) is 21.0. The van der Waals surface area contributed by atoms with Crippen molar-refractivity contribution in [3.8, 4) is 11.5 Å². The number of aliphatic hydroxyl groups excluding tert-OH is 1. The number of carbonyl (C=O) groups excluding carboxylic acids is 2. The summed E-state index contributed by atoms with van der Waals surface area (Å²) in [5.74, 6) is -0.462. The van der Waals surface area contributed by atoms with Gasteiger partial charge in [0.05, 0.1) is 16.7 Å². The Morgan fingerprint density at radius 3 is 2.58 bits per heavy atom. The lowest BCUT2D eigenvalue weighted by Gasteiger charge is -2.56. The second-order valence-electron chi connectivity index (χ2n) is 10.4. The highest BCUT2D eigenvalue weighted by atomic mass is 35.5. The second-order valence-corrected chi connectivity index (χ2v) is 11.3. The summed E-state index contributed by atoms with van der Waals surface area (Å²) in [7, 11) is 1.83. The summed E-state index contributed by atoms with van der Waals surface area (Å²) >= 11 is 11.8. The molecule has 4 N–H and O–H groups in total. The molecule has 8 nitrogen and oxygen atoms in total. The van der Waals surface area contributed by atoms with Gasteiger partial charge in [-0.3, -0.25) is 9.59 Å². The quantitative estimate of drug-likeness (QED) is 0.408. The molecule has 2 unspecified atom stereocenters. The number of hydrogen-bond donors (Lipinski definition) is 4. The SMILES string of the molecule is CNC1CC(C(=O)NC23CCC(NC(=O)COc4ccc(Cl)c(F)c4)(CC2)[C@H](O)C3)Oc2ccc(Cl)cc21. The molecule has 1 aliphatic heterocycles. The van der Waals surface area contributed by atoms with Crippen LogP contribution in [0.15, 0.2) is 36.4 Å². The van der Waals surface area contributed by atoms with Crippen molar-refractivity contribution < 1.29 is 28.6 Å². The highest BCUT2D eigenvalue weighted by Crippen LogP contribution is 2.47. The van der Waals surface area contributed by atoms with Crippen LogP contribution in [0, 0.1) is 5.82 Å². The van der Waals surface area contributed by atoms with E-state index in [4.69, 9.17) is 32.7 Å². The van der Waals surface area contributed by atoms with Crippen molar-refractivity contribution in [2.75, 3.05) is 13.7 Å². The lowest BCUT2D eigenvalue weighted by molar-refractivity contribution is -0.140. The first-order valence-electron chi connectivity index (χ1n) is 12.6. The molecule has 3 fully saturated rings. The van der Waals surface area contributed by atoms with Crippen LogP contribution >= 0.6 is 23.2 Å². The van der Waals surface area contributed by atoms with E-state index in [0.717, 1.165) is 11.6 Å². The zero-order chi connectivity index (χ0) is 27.1. The topological polar surface area (TPSA) is 109 Å². The monoisotopic (exact) mass is 565 g/mol. The van der Waals surface area contributed by atoms with E-state index in [-0.39, 0.29) is 29.3 Å². The van der Waals surface area contributed by atoms with Crippen molar-refractivity contribution in [1.82, 2.24) is 16.0 Å². The summed E-state index contributed by atoms with van der Waals surface area (Å²) in [4.78, 5) is 26.0. The third kappa shape index (κ3) is 5.30. The number of ether oxygens (including phenoxy) is 2. The van der Waals surface area contributed by atoms with E-state index in [0.29, 0.717) is 49.3 Å². The van der Waals surface area contributed by atoms with E-state index < -0.39 is 35.0 Å². The smallest absolute Gasteiger partial charge is 0.261 e. The van der Waals surface area contributed by atoms with E-state index in [1.807, 2.05) is 13.1 Å². The van der Waals surface area contributed by atoms with Crippen LogP contribution in [0.2, 0.25) is 10.0 Å². The molecule has 0 radical (unpaired) electrons. The lowest BCUT2D eigenvalue weighted by atomic mass is 9.59. The van der Waals surface area contributed by atoms with Crippen LogP contribution in [0.1, 0.15) is 50.1 Å². The second kappa shape index (κ2) is 10.5. The van der Waals surface area contributed by atoms with Crippen molar-refractivity contribution in [2.24, 2.45) is 0 Å². The van der Waals surface area contributed by atoms with E-state index in [2.05, 4.69) is 16.0 Å². The number of benzene rings is 2. The van der Waals surface area contributed by atoms with Crippen LogP contribution in [-0.2, 0) is 9.59 Å². The zero-order valence-corrected chi connectivity index (χ0v) is 22.4. The van der Waals surface area contributed by atoms with Crippen molar-refractivity contribution >= 4 is 35.0 Å². The summed E-state index contributed by atoms with van der Waals surface area (Å²) in [6.07, 6.45) is 1.45. The average Bonchev–Trinajstić information content (AvgIpc) is 2.89. The number of aliphatic hydroxyl groups is 1. The van der Waals surface area contributed by atoms with E-state index in [1.165, 1.54) is 12.1 Å². The highest BCUT2D eigenvalue weighted by Gasteiger charge is 2.55. The van der Waals surface area contributed by atoms with Crippen molar-refractivity contribution in [2.45, 2.75) is 67.9 Å². The van der Waals surface area contributed by atoms with Crippen LogP contribution in [0.25, 0.3) is 0 Å². The molecule has 11 heteroatoms. The number of halogens is 3. The number of fused-ring (bicyclic) bond motifs is 4. The first kappa shape index (κ1) is 27.0. The van der Waals surface area contributed by atoms with Crippen LogP contribution < -0.4 is 25.4 Å². The molecular formula is C27H30Cl2FN3O5. The third-order valence-corrected chi connectivity index (χ3v) is 8.61. The maximum Gasteiger partial charge on any atom is 0.261 e. The molecule has 1 heterocycles. The largest absolute Gasteiger partial charge is 0.484 e. The molecule has 38 heavy (non-hydrogen) atoms. The van der Waals surface area contributed by atoms with Crippen LogP contribution in [0.3, 0.4) is 0 Å². The van der Waals surface area contributed by atoms with Crippen molar-refractivity contribution in [1.29, 1.82) is 0 Å². The minimum absolute atomic E-state index is 0.0320. The van der Waals surface area contributed by atoms with Gasteiger partial charge >= 0.3 is 0 Å². The van der Waals surface area contributed by atoms with Gasteiger partial charge in [0.15, 0.2) is 12.7 Å². The summed E-state index contributed by atoms with van der Waals surface area (Å²) in [6, 6.07) is 9.22. The molecule has 6 rings (SSSR count). The first-order valence-corrected chi connectivity index (χ1v) is 13.4.